The number of hydrogen-bond donors (Lipinski definition) is 2. The van der Waals surface area contributed by atoms with Crippen LogP contribution in [0.1, 0.15) is 32.1 Å². The van der Waals surface area contributed by atoms with Crippen molar-refractivity contribution in [3.05, 3.63) is 16.8 Å². The minimum Gasteiger partial charge on any atom is -0.372 e. The number of aliphatic hydroxyl groups is 1. The minimum absolute atomic E-state index is 0.190. The molecule has 100 valence electrons. The first-order valence-electron chi connectivity index (χ1n) is 6.97. The molecule has 1 saturated heterocycles. The van der Waals surface area contributed by atoms with Crippen molar-refractivity contribution in [1.82, 2.24) is 5.32 Å². The van der Waals surface area contributed by atoms with Gasteiger partial charge in [-0.15, -0.1) is 0 Å². The molecule has 0 aromatic carbocycles. The molecule has 4 atom stereocenters. The largest absolute Gasteiger partial charge is 0.372 e. The molecule has 1 aromatic rings. The molecule has 2 N–H and O–H groups in total. The monoisotopic (exact) mass is 266 g/mol. The number of hydrogen-bond acceptors (Lipinski definition) is 4. The van der Waals surface area contributed by atoms with Crippen LogP contribution >= 0.6 is 11.3 Å². The van der Waals surface area contributed by atoms with E-state index in [1.54, 1.807) is 11.3 Å². The highest BCUT2D eigenvalue weighted by atomic mass is 32.1. The predicted octanol–water partition coefficient (Wildman–Crippen LogP) is 2.42. The Balaban J connectivity index is 1.93. The summed E-state index contributed by atoms with van der Waals surface area (Å²) in [5, 5.41) is 18.2. The van der Waals surface area contributed by atoms with Gasteiger partial charge in [-0.05, 0) is 50.1 Å². The number of fused-ring (bicyclic) bond motifs is 1. The lowest BCUT2D eigenvalue weighted by Crippen LogP contribution is -2.51. The number of likely N-dealkylation sites (N-methyl/N-ethyl adjacent to an activating group) is 1. The van der Waals surface area contributed by atoms with Gasteiger partial charge in [0, 0.05) is 17.1 Å². The highest BCUT2D eigenvalue weighted by Crippen LogP contribution is 2.40. The predicted molar refractivity (Wildman–Crippen MR) is 76.0 cm³/mol. The van der Waals surface area contributed by atoms with Crippen molar-refractivity contribution in [3.8, 4) is 0 Å². The zero-order chi connectivity index (χ0) is 12.5. The lowest BCUT2D eigenvalue weighted by Gasteiger charge is -2.37. The molecule has 0 radical (unpaired) electrons. The number of nitrogens with one attached hydrogen (secondary N) is 1. The van der Waals surface area contributed by atoms with Crippen LogP contribution in [0.25, 0.3) is 0 Å². The maximum absolute atomic E-state index is 10.7. The van der Waals surface area contributed by atoms with Gasteiger partial charge in [-0.3, -0.25) is 0 Å². The first-order chi connectivity index (χ1) is 8.81. The van der Waals surface area contributed by atoms with Crippen molar-refractivity contribution in [2.45, 2.75) is 50.4 Å². The second-order valence-corrected chi connectivity index (χ2v) is 6.31. The van der Waals surface area contributed by atoms with Crippen molar-refractivity contribution in [2.75, 3.05) is 11.9 Å². The Morgan fingerprint density at radius 2 is 2.22 bits per heavy atom. The van der Waals surface area contributed by atoms with Crippen molar-refractivity contribution in [1.29, 1.82) is 0 Å². The Hall–Kier alpha value is -0.580. The average Bonchev–Trinajstić information content (AvgIpc) is 3.01. The van der Waals surface area contributed by atoms with Crippen LogP contribution < -0.4 is 10.2 Å². The van der Waals surface area contributed by atoms with E-state index in [1.807, 2.05) is 7.05 Å². The zero-order valence-corrected chi connectivity index (χ0v) is 11.7. The fraction of sp³-hybridized carbons (Fsp3) is 0.714. The molecule has 1 aliphatic heterocycles. The lowest BCUT2D eigenvalue weighted by molar-refractivity contribution is 0.121. The van der Waals surface area contributed by atoms with Crippen molar-refractivity contribution >= 4 is 17.0 Å². The van der Waals surface area contributed by atoms with Crippen LogP contribution in [0.2, 0.25) is 0 Å². The van der Waals surface area contributed by atoms with Crippen LogP contribution in [0.5, 0.6) is 0 Å². The molecule has 3 rings (SSSR count). The molecule has 0 spiro atoms. The number of thiophene rings is 1. The Kier molecular flexibility index (Phi) is 3.59. The third-order valence-electron chi connectivity index (χ3n) is 4.64. The topological polar surface area (TPSA) is 35.5 Å². The van der Waals surface area contributed by atoms with Crippen LogP contribution in [-0.2, 0) is 0 Å². The summed E-state index contributed by atoms with van der Waals surface area (Å²) in [7, 11) is 1.96. The second-order valence-electron chi connectivity index (χ2n) is 5.53. The summed E-state index contributed by atoms with van der Waals surface area (Å²) >= 11 is 1.71. The van der Waals surface area contributed by atoms with Crippen molar-refractivity contribution in [2.24, 2.45) is 5.92 Å². The molecule has 3 nitrogen and oxygen atoms in total. The van der Waals surface area contributed by atoms with Crippen LogP contribution in [-0.4, -0.2) is 30.5 Å². The number of aliphatic hydroxyl groups excluding tert-OH is 1. The molecular formula is C14H22N2OS. The molecule has 1 saturated carbocycles. The molecule has 0 amide bonds. The summed E-state index contributed by atoms with van der Waals surface area (Å²) in [6.45, 7) is 0. The van der Waals surface area contributed by atoms with E-state index in [1.165, 1.54) is 31.4 Å². The molecule has 0 bridgehead atoms. The van der Waals surface area contributed by atoms with Gasteiger partial charge in [0.05, 0.1) is 6.04 Å². The van der Waals surface area contributed by atoms with Gasteiger partial charge < -0.3 is 15.3 Å². The van der Waals surface area contributed by atoms with Gasteiger partial charge in [-0.2, -0.15) is 11.3 Å². The SMILES string of the molecule is CNC1CCC2CCCC2N(c2ccsc2)C1O. The summed E-state index contributed by atoms with van der Waals surface area (Å²) in [5.74, 6) is 0.762. The molecule has 2 fully saturated rings. The van der Waals surface area contributed by atoms with Gasteiger partial charge in [0.25, 0.3) is 0 Å². The molecule has 4 unspecified atom stereocenters. The standard InChI is InChI=1S/C14H22N2OS/c1-15-12-6-5-10-3-2-4-13(10)16(14(12)17)11-7-8-18-9-11/h7-10,12-15,17H,2-6H2,1H3. The molecule has 1 aromatic heterocycles. The first kappa shape index (κ1) is 12.5. The van der Waals surface area contributed by atoms with E-state index in [4.69, 9.17) is 0 Å². The van der Waals surface area contributed by atoms with E-state index in [0.717, 1.165) is 12.3 Å². The average molecular weight is 266 g/mol. The Labute approximate surface area is 113 Å². The van der Waals surface area contributed by atoms with Gasteiger partial charge in [0.2, 0.25) is 0 Å². The summed E-state index contributed by atoms with van der Waals surface area (Å²) < 4.78 is 0. The van der Waals surface area contributed by atoms with Crippen molar-refractivity contribution < 1.29 is 5.11 Å². The third kappa shape index (κ3) is 2.06. The maximum atomic E-state index is 10.7. The molecular weight excluding hydrogens is 244 g/mol. The van der Waals surface area contributed by atoms with Gasteiger partial charge >= 0.3 is 0 Å². The van der Waals surface area contributed by atoms with Crippen molar-refractivity contribution in [3.63, 3.8) is 0 Å². The normalized spacial score (nSPS) is 36.4. The minimum atomic E-state index is -0.391. The van der Waals surface area contributed by atoms with E-state index < -0.39 is 6.23 Å². The van der Waals surface area contributed by atoms with E-state index in [2.05, 4.69) is 27.0 Å². The lowest BCUT2D eigenvalue weighted by atomic mass is 9.97. The highest BCUT2D eigenvalue weighted by molar-refractivity contribution is 7.08. The Bertz CT molecular complexity index is 379. The molecule has 2 heterocycles. The van der Waals surface area contributed by atoms with Crippen LogP contribution in [0.4, 0.5) is 5.69 Å². The van der Waals surface area contributed by atoms with Gasteiger partial charge in [-0.25, -0.2) is 0 Å². The Morgan fingerprint density at radius 1 is 1.33 bits per heavy atom. The first-order valence-corrected chi connectivity index (χ1v) is 7.91. The molecule has 18 heavy (non-hydrogen) atoms. The number of nitrogens with zero attached hydrogens (tertiary/aromatic N) is 1. The molecule has 2 aliphatic rings. The van der Waals surface area contributed by atoms with E-state index >= 15 is 0 Å². The summed E-state index contributed by atoms with van der Waals surface area (Å²) in [5.41, 5.74) is 1.20. The quantitative estimate of drug-likeness (QED) is 0.863. The molecule has 4 heteroatoms. The van der Waals surface area contributed by atoms with E-state index in [9.17, 15) is 5.11 Å². The summed E-state index contributed by atoms with van der Waals surface area (Å²) in [4.78, 5) is 2.28. The zero-order valence-electron chi connectivity index (χ0n) is 10.9. The summed E-state index contributed by atoms with van der Waals surface area (Å²) in [6.07, 6.45) is 5.81. The van der Waals surface area contributed by atoms with Gasteiger partial charge in [0.15, 0.2) is 0 Å². The fourth-order valence-electron chi connectivity index (χ4n) is 3.69. The van der Waals surface area contributed by atoms with Gasteiger partial charge in [-0.1, -0.05) is 6.42 Å². The van der Waals surface area contributed by atoms with E-state index in [0.29, 0.717) is 6.04 Å². The van der Waals surface area contributed by atoms with Crippen LogP contribution in [0, 0.1) is 5.92 Å². The van der Waals surface area contributed by atoms with Crippen LogP contribution in [0.3, 0.4) is 0 Å². The Morgan fingerprint density at radius 3 is 2.94 bits per heavy atom. The summed E-state index contributed by atoms with van der Waals surface area (Å²) in [6, 6.07) is 2.87. The van der Waals surface area contributed by atoms with Crippen LogP contribution in [0.15, 0.2) is 16.8 Å². The maximum Gasteiger partial charge on any atom is 0.142 e. The second kappa shape index (κ2) is 5.19. The highest BCUT2D eigenvalue weighted by Gasteiger charge is 2.40. The fourth-order valence-corrected chi connectivity index (χ4v) is 4.33. The van der Waals surface area contributed by atoms with Gasteiger partial charge in [0.1, 0.15) is 6.23 Å². The molecule has 1 aliphatic carbocycles. The number of anilines is 1. The van der Waals surface area contributed by atoms with E-state index in [-0.39, 0.29) is 6.04 Å². The smallest absolute Gasteiger partial charge is 0.142 e. The number of rotatable bonds is 2. The third-order valence-corrected chi connectivity index (χ3v) is 5.32.